The van der Waals surface area contributed by atoms with Gasteiger partial charge in [0.15, 0.2) is 0 Å². The summed E-state index contributed by atoms with van der Waals surface area (Å²) in [7, 11) is 0. The third-order valence-electron chi connectivity index (χ3n) is 5.44. The molecule has 2 atom stereocenters. The van der Waals surface area contributed by atoms with Crippen LogP contribution in [-0.4, -0.2) is 47.9 Å². The van der Waals surface area contributed by atoms with Gasteiger partial charge < -0.3 is 24.9 Å². The number of ether oxygens (including phenoxy) is 1. The number of rotatable bonds is 5. The molecule has 0 bridgehead atoms. The number of amides is 1. The number of carbonyl (C=O) groups excluding carboxylic acids is 1. The van der Waals surface area contributed by atoms with Gasteiger partial charge in [-0.3, -0.25) is 4.79 Å². The molecule has 0 aliphatic carbocycles. The first-order valence-corrected chi connectivity index (χ1v) is 9.75. The molecule has 1 aliphatic heterocycles. The number of hydrogen-bond donors (Lipinski definition) is 3. The third kappa shape index (κ3) is 3.43. The highest BCUT2D eigenvalue weighted by Gasteiger charge is 2.24. The van der Waals surface area contributed by atoms with Crippen molar-refractivity contribution in [3.8, 4) is 11.1 Å². The Labute approximate surface area is 163 Å². The molecule has 3 heterocycles. The fourth-order valence-electron chi connectivity index (χ4n) is 3.92. The van der Waals surface area contributed by atoms with Gasteiger partial charge in [0.2, 0.25) is 0 Å². The lowest BCUT2D eigenvalue weighted by Crippen LogP contribution is -2.55. The van der Waals surface area contributed by atoms with Gasteiger partial charge in [0, 0.05) is 46.4 Å². The maximum Gasteiger partial charge on any atom is 0.251 e. The number of fused-ring (bicyclic) bond motifs is 1. The molecule has 0 radical (unpaired) electrons. The van der Waals surface area contributed by atoms with Crippen molar-refractivity contribution in [3.05, 3.63) is 41.4 Å². The van der Waals surface area contributed by atoms with Crippen LogP contribution in [0.3, 0.4) is 0 Å². The van der Waals surface area contributed by atoms with Crippen LogP contribution in [0.25, 0.3) is 22.0 Å². The van der Waals surface area contributed by atoms with E-state index in [0.717, 1.165) is 53.1 Å². The second-order valence-electron chi connectivity index (χ2n) is 7.29. The smallest absolute Gasteiger partial charge is 0.251 e. The van der Waals surface area contributed by atoms with Crippen LogP contribution in [0.15, 0.2) is 28.9 Å². The van der Waals surface area contributed by atoms with E-state index < -0.39 is 0 Å². The van der Waals surface area contributed by atoms with Crippen LogP contribution >= 0.6 is 0 Å². The monoisotopic (exact) mass is 382 g/mol. The molecular formula is C21H26N4O3. The van der Waals surface area contributed by atoms with Gasteiger partial charge in [0.25, 0.3) is 5.91 Å². The van der Waals surface area contributed by atoms with Gasteiger partial charge in [-0.1, -0.05) is 18.1 Å². The van der Waals surface area contributed by atoms with E-state index in [-0.39, 0.29) is 18.0 Å². The number of morpholine rings is 1. The average Bonchev–Trinajstić information content (AvgIpc) is 3.28. The first kappa shape index (κ1) is 18.7. The van der Waals surface area contributed by atoms with Gasteiger partial charge in [0.05, 0.1) is 24.9 Å². The van der Waals surface area contributed by atoms with E-state index in [9.17, 15) is 4.79 Å². The lowest BCUT2D eigenvalue weighted by atomic mass is 10.0. The number of nitrogens with one attached hydrogen (secondary N) is 3. The minimum atomic E-state index is -0.0744. The Kier molecular flexibility index (Phi) is 5.19. The fraction of sp³-hybridized carbons (Fsp3) is 0.429. The summed E-state index contributed by atoms with van der Waals surface area (Å²) in [5.41, 5.74) is 4.43. The predicted molar refractivity (Wildman–Crippen MR) is 107 cm³/mol. The number of benzene rings is 1. The van der Waals surface area contributed by atoms with Gasteiger partial charge >= 0.3 is 0 Å². The predicted octanol–water partition coefficient (Wildman–Crippen LogP) is 2.94. The van der Waals surface area contributed by atoms with E-state index in [1.807, 2.05) is 38.2 Å². The number of aromatic amines is 1. The molecule has 28 heavy (non-hydrogen) atoms. The number of aromatic nitrogens is 2. The van der Waals surface area contributed by atoms with Crippen LogP contribution in [0.2, 0.25) is 0 Å². The molecule has 1 saturated heterocycles. The largest absolute Gasteiger partial charge is 0.378 e. The van der Waals surface area contributed by atoms with E-state index in [0.29, 0.717) is 12.2 Å². The molecule has 0 spiro atoms. The lowest BCUT2D eigenvalue weighted by molar-refractivity contribution is 0.0600. The second-order valence-corrected chi connectivity index (χ2v) is 7.29. The summed E-state index contributed by atoms with van der Waals surface area (Å²) < 4.78 is 10.8. The Morgan fingerprint density at radius 2 is 2.25 bits per heavy atom. The number of aryl methyl sites for hydroxylation is 2. The van der Waals surface area contributed by atoms with Crippen LogP contribution in [0.4, 0.5) is 0 Å². The third-order valence-corrected chi connectivity index (χ3v) is 5.44. The van der Waals surface area contributed by atoms with Crippen molar-refractivity contribution in [2.45, 2.75) is 39.3 Å². The highest BCUT2D eigenvalue weighted by atomic mass is 16.5. The molecule has 1 aliphatic rings. The van der Waals surface area contributed by atoms with E-state index in [2.05, 4.69) is 27.7 Å². The molecule has 1 fully saturated rings. The molecule has 7 heteroatoms. The SMILES string of the molecule is CCC(NC(=O)c1ccc2c(-c3c(C)noc3C)c[nH]c2c1)C1COCCN1. The topological polar surface area (TPSA) is 92.2 Å². The molecule has 3 N–H and O–H groups in total. The highest BCUT2D eigenvalue weighted by Crippen LogP contribution is 2.33. The van der Waals surface area contributed by atoms with Crippen LogP contribution < -0.4 is 10.6 Å². The van der Waals surface area contributed by atoms with Gasteiger partial charge in [-0.2, -0.15) is 0 Å². The van der Waals surface area contributed by atoms with Crippen LogP contribution in [0, 0.1) is 13.8 Å². The van der Waals surface area contributed by atoms with Crippen molar-refractivity contribution in [1.82, 2.24) is 20.8 Å². The zero-order chi connectivity index (χ0) is 19.7. The average molecular weight is 382 g/mol. The van der Waals surface area contributed by atoms with Gasteiger partial charge in [-0.25, -0.2) is 0 Å². The lowest BCUT2D eigenvalue weighted by Gasteiger charge is -2.31. The van der Waals surface area contributed by atoms with Crippen LogP contribution in [-0.2, 0) is 4.74 Å². The first-order valence-electron chi connectivity index (χ1n) is 9.75. The first-order chi connectivity index (χ1) is 13.6. The number of hydrogen-bond acceptors (Lipinski definition) is 5. The standard InChI is InChI=1S/C21H26N4O3/c1-4-17(19-11-27-8-7-22-19)24-21(26)14-5-6-15-16(10-23-18(15)9-14)20-12(2)25-28-13(20)3/h5-6,9-10,17,19,22-23H,4,7-8,11H2,1-3H3,(H,24,26). The molecule has 1 aromatic carbocycles. The van der Waals surface area contributed by atoms with Crippen molar-refractivity contribution >= 4 is 16.8 Å². The molecule has 4 rings (SSSR count). The zero-order valence-corrected chi connectivity index (χ0v) is 16.5. The second kappa shape index (κ2) is 7.77. The summed E-state index contributed by atoms with van der Waals surface area (Å²) >= 11 is 0. The van der Waals surface area contributed by atoms with Crippen molar-refractivity contribution in [3.63, 3.8) is 0 Å². The Morgan fingerprint density at radius 3 is 2.93 bits per heavy atom. The highest BCUT2D eigenvalue weighted by molar-refractivity contribution is 6.02. The van der Waals surface area contributed by atoms with Crippen LogP contribution in [0.1, 0.15) is 35.2 Å². The molecule has 2 unspecified atom stereocenters. The van der Waals surface area contributed by atoms with Crippen molar-refractivity contribution in [2.75, 3.05) is 19.8 Å². The Balaban J connectivity index is 1.57. The minimum absolute atomic E-state index is 0.0324. The normalized spacial score (nSPS) is 18.3. The number of H-pyrrole nitrogens is 1. The zero-order valence-electron chi connectivity index (χ0n) is 16.5. The number of nitrogens with zero attached hydrogens (tertiary/aromatic N) is 1. The van der Waals surface area contributed by atoms with Crippen molar-refractivity contribution in [2.24, 2.45) is 0 Å². The summed E-state index contributed by atoms with van der Waals surface area (Å²) in [6, 6.07) is 5.91. The maximum atomic E-state index is 12.8. The fourth-order valence-corrected chi connectivity index (χ4v) is 3.92. The Bertz CT molecular complexity index is 965. The Hall–Kier alpha value is -2.64. The minimum Gasteiger partial charge on any atom is -0.378 e. The van der Waals surface area contributed by atoms with Gasteiger partial charge in [-0.15, -0.1) is 0 Å². The van der Waals surface area contributed by atoms with E-state index in [1.165, 1.54) is 0 Å². The Morgan fingerprint density at radius 1 is 1.39 bits per heavy atom. The molecule has 3 aromatic rings. The summed E-state index contributed by atoms with van der Waals surface area (Å²) in [5, 5.41) is 11.7. The molecular weight excluding hydrogens is 356 g/mol. The summed E-state index contributed by atoms with van der Waals surface area (Å²) in [6.45, 7) is 8.07. The molecule has 7 nitrogen and oxygen atoms in total. The van der Waals surface area contributed by atoms with Crippen molar-refractivity contribution in [1.29, 1.82) is 0 Å². The summed E-state index contributed by atoms with van der Waals surface area (Å²) in [4.78, 5) is 16.1. The van der Waals surface area contributed by atoms with Crippen LogP contribution in [0.5, 0.6) is 0 Å². The van der Waals surface area contributed by atoms with Crippen molar-refractivity contribution < 1.29 is 14.1 Å². The van der Waals surface area contributed by atoms with E-state index in [1.54, 1.807) is 0 Å². The molecule has 1 amide bonds. The number of carbonyl (C=O) groups is 1. The maximum absolute atomic E-state index is 12.8. The molecule has 0 saturated carbocycles. The molecule has 148 valence electrons. The van der Waals surface area contributed by atoms with Gasteiger partial charge in [0.1, 0.15) is 5.76 Å². The molecule has 2 aromatic heterocycles. The summed E-state index contributed by atoms with van der Waals surface area (Å²) in [6.07, 6.45) is 2.78. The quantitative estimate of drug-likeness (QED) is 0.631. The summed E-state index contributed by atoms with van der Waals surface area (Å²) in [5.74, 6) is 0.711. The van der Waals surface area contributed by atoms with E-state index >= 15 is 0 Å². The van der Waals surface area contributed by atoms with E-state index in [4.69, 9.17) is 9.26 Å². The van der Waals surface area contributed by atoms with Gasteiger partial charge in [-0.05, 0) is 32.4 Å².